The minimum Gasteiger partial charge on any atom is -0.462 e. The normalized spacial score (nSPS) is 12.9. The Balaban J connectivity index is 4.39. The van der Waals surface area contributed by atoms with Gasteiger partial charge in [0.1, 0.15) is 13.2 Å². The summed E-state index contributed by atoms with van der Waals surface area (Å²) in [5, 5.41) is 0. The Bertz CT molecular complexity index is 1700. The molecule has 0 saturated heterocycles. The van der Waals surface area contributed by atoms with Gasteiger partial charge in [-0.05, 0) is 116 Å². The van der Waals surface area contributed by atoms with Crippen LogP contribution in [0.4, 0.5) is 0 Å². The van der Waals surface area contributed by atoms with Crippen molar-refractivity contribution >= 4 is 17.9 Å². The Morgan fingerprint density at radius 2 is 0.518 bits per heavy atom. The molecule has 6 heteroatoms. The van der Waals surface area contributed by atoms with Gasteiger partial charge in [0, 0.05) is 12.8 Å². The summed E-state index contributed by atoms with van der Waals surface area (Å²) in [6, 6.07) is 0. The maximum Gasteiger partial charge on any atom is 0.309 e. The van der Waals surface area contributed by atoms with E-state index in [0.29, 0.717) is 12.8 Å². The SMILES string of the molecule is CC/C=C\C/C=C\C/C=C\C/C=C\C/C=C\CC(=O)OCC(COC(=O)CCCCCCCCCCCC/C=C\C/C=C\C/C=C\CCCCCCC)OC(=O)CCCCCCCCCCCCCCC/C=C\C/C=C\CCCCCCC. The van der Waals surface area contributed by atoms with Crippen LogP contribution in [-0.2, 0) is 28.6 Å². The lowest BCUT2D eigenvalue weighted by atomic mass is 10.0. The van der Waals surface area contributed by atoms with E-state index in [9.17, 15) is 14.4 Å². The Morgan fingerprint density at radius 3 is 0.843 bits per heavy atom. The van der Waals surface area contributed by atoms with Crippen LogP contribution in [0.5, 0.6) is 0 Å². The number of hydrogen-bond donors (Lipinski definition) is 0. The Morgan fingerprint density at radius 1 is 0.265 bits per heavy atom. The van der Waals surface area contributed by atoms with Gasteiger partial charge in [0.25, 0.3) is 0 Å². The summed E-state index contributed by atoms with van der Waals surface area (Å²) < 4.78 is 16.9. The van der Waals surface area contributed by atoms with E-state index >= 15 is 0 Å². The zero-order chi connectivity index (χ0) is 59.9. The van der Waals surface area contributed by atoms with Crippen LogP contribution in [-0.4, -0.2) is 37.2 Å². The largest absolute Gasteiger partial charge is 0.462 e. The van der Waals surface area contributed by atoms with Crippen LogP contribution < -0.4 is 0 Å². The highest BCUT2D eigenvalue weighted by Gasteiger charge is 2.19. The minimum atomic E-state index is -0.825. The third-order valence-corrected chi connectivity index (χ3v) is 15.0. The third-order valence-electron chi connectivity index (χ3n) is 15.0. The molecule has 0 bridgehead atoms. The summed E-state index contributed by atoms with van der Waals surface area (Å²) in [7, 11) is 0. The lowest BCUT2D eigenvalue weighted by molar-refractivity contribution is -0.166. The molecule has 474 valence electrons. The van der Waals surface area contributed by atoms with Gasteiger partial charge in [0.2, 0.25) is 0 Å². The number of ether oxygens (including phenoxy) is 3. The molecule has 0 saturated carbocycles. The number of carbonyl (C=O) groups excluding carboxylic acids is 3. The minimum absolute atomic E-state index is 0.111. The van der Waals surface area contributed by atoms with Gasteiger partial charge >= 0.3 is 17.9 Å². The van der Waals surface area contributed by atoms with Crippen molar-refractivity contribution < 1.29 is 28.6 Å². The molecule has 1 unspecified atom stereocenters. The van der Waals surface area contributed by atoms with Crippen LogP contribution >= 0.6 is 0 Å². The van der Waals surface area contributed by atoms with Gasteiger partial charge in [0.05, 0.1) is 6.42 Å². The van der Waals surface area contributed by atoms with E-state index in [4.69, 9.17) is 14.2 Å². The zero-order valence-electron chi connectivity index (χ0n) is 54.4. The van der Waals surface area contributed by atoms with Crippen molar-refractivity contribution in [3.63, 3.8) is 0 Å². The Kier molecular flexibility index (Phi) is 66.7. The lowest BCUT2D eigenvalue weighted by Gasteiger charge is -2.18. The predicted molar refractivity (Wildman–Crippen MR) is 362 cm³/mol. The van der Waals surface area contributed by atoms with Crippen molar-refractivity contribution in [1.82, 2.24) is 0 Å². The summed E-state index contributed by atoms with van der Waals surface area (Å²) in [6.45, 7) is 6.44. The lowest BCUT2D eigenvalue weighted by Crippen LogP contribution is -2.30. The maximum absolute atomic E-state index is 13.0. The van der Waals surface area contributed by atoms with Gasteiger partial charge in [-0.15, -0.1) is 0 Å². The highest BCUT2D eigenvalue weighted by atomic mass is 16.6. The monoisotopic (exact) mass is 1150 g/mol. The average Bonchev–Trinajstić information content (AvgIpc) is 3.49. The molecular formula is C77H130O6. The Labute approximate surface area is 513 Å². The van der Waals surface area contributed by atoms with E-state index in [-0.39, 0.29) is 31.6 Å². The van der Waals surface area contributed by atoms with Gasteiger partial charge in [-0.3, -0.25) is 14.4 Å². The number of hydrogen-bond acceptors (Lipinski definition) is 6. The number of allylic oxidation sites excluding steroid dienone is 19. The molecule has 83 heavy (non-hydrogen) atoms. The molecule has 0 aliphatic rings. The fourth-order valence-corrected chi connectivity index (χ4v) is 9.73. The van der Waals surface area contributed by atoms with Crippen molar-refractivity contribution in [3.05, 3.63) is 122 Å². The second kappa shape index (κ2) is 70.3. The van der Waals surface area contributed by atoms with Gasteiger partial charge in [-0.1, -0.05) is 316 Å². The maximum atomic E-state index is 13.0. The smallest absolute Gasteiger partial charge is 0.309 e. The van der Waals surface area contributed by atoms with Crippen LogP contribution in [0.15, 0.2) is 122 Å². The van der Waals surface area contributed by atoms with Gasteiger partial charge in [-0.2, -0.15) is 0 Å². The fraction of sp³-hybridized carbons (Fsp3) is 0.701. The number of carbonyl (C=O) groups is 3. The van der Waals surface area contributed by atoms with Crippen LogP contribution in [0, 0.1) is 0 Å². The molecular weight excluding hydrogens is 1020 g/mol. The van der Waals surface area contributed by atoms with Crippen molar-refractivity contribution in [2.75, 3.05) is 13.2 Å². The summed E-state index contributed by atoms with van der Waals surface area (Å²) in [5.74, 6) is -1.04. The second-order valence-corrected chi connectivity index (χ2v) is 23.1. The first-order valence-electron chi connectivity index (χ1n) is 35.0. The summed E-state index contributed by atoms with van der Waals surface area (Å²) >= 11 is 0. The molecule has 0 aromatic carbocycles. The zero-order valence-corrected chi connectivity index (χ0v) is 54.4. The number of unbranched alkanes of at least 4 members (excludes halogenated alkanes) is 33. The van der Waals surface area contributed by atoms with E-state index in [0.717, 1.165) is 89.9 Å². The van der Waals surface area contributed by atoms with Gasteiger partial charge in [0.15, 0.2) is 6.10 Å². The molecule has 0 amide bonds. The molecule has 0 aliphatic carbocycles. The van der Waals surface area contributed by atoms with Crippen molar-refractivity contribution in [1.29, 1.82) is 0 Å². The van der Waals surface area contributed by atoms with Crippen LogP contribution in [0.25, 0.3) is 0 Å². The predicted octanol–water partition coefficient (Wildman–Crippen LogP) is 24.3. The van der Waals surface area contributed by atoms with Crippen LogP contribution in [0.1, 0.15) is 329 Å². The quantitative estimate of drug-likeness (QED) is 0.0261. The molecule has 0 heterocycles. The van der Waals surface area contributed by atoms with Crippen LogP contribution in [0.2, 0.25) is 0 Å². The number of esters is 3. The van der Waals surface area contributed by atoms with Crippen LogP contribution in [0.3, 0.4) is 0 Å². The molecule has 1 atom stereocenters. The molecule has 6 nitrogen and oxygen atoms in total. The molecule has 0 aromatic rings. The molecule has 0 spiro atoms. The van der Waals surface area contributed by atoms with E-state index in [1.165, 1.54) is 199 Å². The van der Waals surface area contributed by atoms with Crippen molar-refractivity contribution in [2.24, 2.45) is 0 Å². The summed E-state index contributed by atoms with van der Waals surface area (Å²) in [6.07, 6.45) is 98.2. The van der Waals surface area contributed by atoms with Gasteiger partial charge in [-0.25, -0.2) is 0 Å². The van der Waals surface area contributed by atoms with Crippen molar-refractivity contribution in [3.8, 4) is 0 Å². The summed E-state index contributed by atoms with van der Waals surface area (Å²) in [5.41, 5.74) is 0. The van der Waals surface area contributed by atoms with E-state index in [1.807, 2.05) is 6.08 Å². The molecule has 0 N–H and O–H groups in total. The topological polar surface area (TPSA) is 78.9 Å². The molecule has 0 radical (unpaired) electrons. The standard InChI is InChI=1S/C77H130O6/c1-4-7-10-13-16-19-22-25-28-30-32-34-36-38-40-42-44-46-49-52-55-58-61-64-67-70-76(79)82-73-74(72-81-75(78)69-66-63-60-57-54-51-48-27-24-21-18-15-12-9-6-3)83-77(80)71-68-65-62-59-56-53-50-47-45-43-41-39-37-35-33-31-29-26-23-20-17-14-11-8-5-2/h9,12,18,21-23,25-27,30-33,36,38,48,54,57,63,66,74H,4-8,10-11,13-17,19-20,24,28-29,34-35,37,39-47,49-53,55-56,58-62,64-65,67-73H2,1-3H3/b12-9-,21-18-,25-22-,26-23-,32-30-,33-31-,38-36-,48-27-,57-54-,66-63-. The molecule has 0 rings (SSSR count). The Hall–Kier alpha value is -4.19. The first kappa shape index (κ1) is 78.8. The number of rotatable bonds is 63. The first-order valence-corrected chi connectivity index (χ1v) is 35.0. The molecule has 0 aromatic heterocycles. The highest BCUT2D eigenvalue weighted by Crippen LogP contribution is 2.16. The van der Waals surface area contributed by atoms with E-state index < -0.39 is 12.1 Å². The van der Waals surface area contributed by atoms with Gasteiger partial charge < -0.3 is 14.2 Å². The summed E-state index contributed by atoms with van der Waals surface area (Å²) in [4.78, 5) is 38.4. The van der Waals surface area contributed by atoms with E-state index in [2.05, 4.69) is 130 Å². The third kappa shape index (κ3) is 68.5. The highest BCUT2D eigenvalue weighted by molar-refractivity contribution is 5.72. The first-order chi connectivity index (χ1) is 41.0. The second-order valence-electron chi connectivity index (χ2n) is 23.1. The van der Waals surface area contributed by atoms with E-state index in [1.54, 1.807) is 6.08 Å². The fourth-order valence-electron chi connectivity index (χ4n) is 9.73. The molecule has 0 fully saturated rings. The molecule has 0 aliphatic heterocycles. The van der Waals surface area contributed by atoms with Crippen molar-refractivity contribution in [2.45, 2.75) is 335 Å². The average molecular weight is 1150 g/mol.